The Morgan fingerprint density at radius 2 is 1.29 bits per heavy atom. The highest BCUT2D eigenvalue weighted by Crippen LogP contribution is 2.56. The molecule has 5 nitrogen and oxygen atoms in total. The summed E-state index contributed by atoms with van der Waals surface area (Å²) in [4.78, 5) is 26.6. The maximum Gasteiger partial charge on any atom is 0.426 e. The van der Waals surface area contributed by atoms with Crippen LogP contribution in [0.3, 0.4) is 0 Å². The standard InChI is InChI=1S/C31H48F6O5/c1-6-28(12-10-8-7-9-11-13-28)42-25(39)27(4,5)15-14-26(2,3)24(38)41-23-18-20-16-21(22(23)17-20)19-29(40,30(32,33)34)31(35,36)37/h20-23,40H,6-19H2,1-5H3. The number of hydrogen-bond acceptors (Lipinski definition) is 5. The van der Waals surface area contributed by atoms with Crippen molar-refractivity contribution >= 4 is 11.9 Å². The summed E-state index contributed by atoms with van der Waals surface area (Å²) < 4.78 is 91.8. The second-order valence-electron chi connectivity index (χ2n) is 14.5. The number of carbonyl (C=O) groups excluding carboxylic acids is 2. The van der Waals surface area contributed by atoms with Crippen LogP contribution in [0, 0.1) is 28.6 Å². The van der Waals surface area contributed by atoms with Gasteiger partial charge in [-0.25, -0.2) is 0 Å². The van der Waals surface area contributed by atoms with Gasteiger partial charge in [0.25, 0.3) is 5.60 Å². The van der Waals surface area contributed by atoms with Crippen molar-refractivity contribution in [1.29, 1.82) is 0 Å². The minimum absolute atomic E-state index is 0.117. The molecule has 11 heteroatoms. The van der Waals surface area contributed by atoms with Crippen molar-refractivity contribution in [3.63, 3.8) is 0 Å². The smallest absolute Gasteiger partial charge is 0.426 e. The summed E-state index contributed by atoms with van der Waals surface area (Å²) >= 11 is 0. The van der Waals surface area contributed by atoms with Crippen LogP contribution in [0.5, 0.6) is 0 Å². The van der Waals surface area contributed by atoms with Gasteiger partial charge in [-0.05, 0) is 116 Å². The fraction of sp³-hybridized carbons (Fsp3) is 0.935. The first-order valence-electron chi connectivity index (χ1n) is 15.5. The van der Waals surface area contributed by atoms with E-state index in [0.717, 1.165) is 44.9 Å². The number of hydrogen-bond donors (Lipinski definition) is 1. The molecule has 3 aliphatic carbocycles. The van der Waals surface area contributed by atoms with Crippen LogP contribution in [0.1, 0.15) is 125 Å². The molecule has 0 saturated heterocycles. The molecule has 0 aliphatic heterocycles. The van der Waals surface area contributed by atoms with Gasteiger partial charge in [0.2, 0.25) is 0 Å². The van der Waals surface area contributed by atoms with Crippen molar-refractivity contribution in [1.82, 2.24) is 0 Å². The number of ether oxygens (including phenoxy) is 2. The molecule has 2 bridgehead atoms. The lowest BCUT2D eigenvalue weighted by molar-refractivity contribution is -0.373. The molecule has 4 atom stereocenters. The molecule has 4 unspecified atom stereocenters. The minimum atomic E-state index is -5.87. The average molecular weight is 615 g/mol. The minimum Gasteiger partial charge on any atom is -0.462 e. The Hall–Kier alpha value is -1.52. The van der Waals surface area contributed by atoms with Crippen molar-refractivity contribution < 1.29 is 50.5 Å². The van der Waals surface area contributed by atoms with Gasteiger partial charge in [-0.15, -0.1) is 0 Å². The van der Waals surface area contributed by atoms with Crippen molar-refractivity contribution in [3.8, 4) is 0 Å². The molecule has 3 aliphatic rings. The van der Waals surface area contributed by atoms with Gasteiger partial charge in [0.15, 0.2) is 0 Å². The fourth-order valence-electron chi connectivity index (χ4n) is 7.11. The van der Waals surface area contributed by atoms with E-state index in [1.165, 1.54) is 6.42 Å². The van der Waals surface area contributed by atoms with Crippen LogP contribution in [-0.2, 0) is 19.1 Å². The monoisotopic (exact) mass is 614 g/mol. The van der Waals surface area contributed by atoms with Crippen LogP contribution in [-0.4, -0.2) is 46.7 Å². The molecular weight excluding hydrogens is 566 g/mol. The largest absolute Gasteiger partial charge is 0.462 e. The number of rotatable bonds is 10. The lowest BCUT2D eigenvalue weighted by Crippen LogP contribution is -2.58. The van der Waals surface area contributed by atoms with Gasteiger partial charge in [-0.2, -0.15) is 26.3 Å². The van der Waals surface area contributed by atoms with Crippen molar-refractivity contribution in [2.24, 2.45) is 28.6 Å². The van der Waals surface area contributed by atoms with E-state index < -0.39 is 64.7 Å². The molecule has 0 aromatic heterocycles. The van der Waals surface area contributed by atoms with Crippen LogP contribution >= 0.6 is 0 Å². The zero-order valence-corrected chi connectivity index (χ0v) is 25.6. The second-order valence-corrected chi connectivity index (χ2v) is 14.5. The van der Waals surface area contributed by atoms with Gasteiger partial charge >= 0.3 is 24.3 Å². The lowest BCUT2D eigenvalue weighted by atomic mass is 9.77. The third kappa shape index (κ3) is 7.57. The summed E-state index contributed by atoms with van der Waals surface area (Å²) in [5, 5.41) is 9.73. The van der Waals surface area contributed by atoms with Crippen molar-refractivity contribution in [2.75, 3.05) is 0 Å². The highest BCUT2D eigenvalue weighted by Gasteiger charge is 2.71. The molecule has 3 rings (SSSR count). The predicted molar refractivity (Wildman–Crippen MR) is 144 cm³/mol. The van der Waals surface area contributed by atoms with E-state index in [0.29, 0.717) is 19.3 Å². The molecular formula is C31H48F6O5. The number of carbonyl (C=O) groups is 2. The molecule has 42 heavy (non-hydrogen) atoms. The zero-order chi connectivity index (χ0) is 31.8. The summed E-state index contributed by atoms with van der Waals surface area (Å²) in [5.41, 5.74) is -7.21. The topological polar surface area (TPSA) is 72.8 Å². The number of alkyl halides is 6. The van der Waals surface area contributed by atoms with E-state index in [9.17, 15) is 41.0 Å². The molecule has 244 valence electrons. The first-order valence-corrected chi connectivity index (χ1v) is 15.5. The Morgan fingerprint density at radius 1 is 0.786 bits per heavy atom. The van der Waals surface area contributed by atoms with E-state index in [4.69, 9.17) is 9.47 Å². The Bertz CT molecular complexity index is 934. The molecule has 0 amide bonds. The number of halogens is 6. The summed E-state index contributed by atoms with van der Waals surface area (Å²) in [7, 11) is 0. The highest BCUT2D eigenvalue weighted by molar-refractivity contribution is 5.78. The molecule has 3 saturated carbocycles. The Balaban J connectivity index is 1.60. The summed E-state index contributed by atoms with van der Waals surface area (Å²) in [6.07, 6.45) is -4.77. The summed E-state index contributed by atoms with van der Waals surface area (Å²) in [6, 6.07) is 0. The van der Waals surface area contributed by atoms with Gasteiger partial charge in [-0.1, -0.05) is 26.2 Å². The molecule has 0 radical (unpaired) electrons. The maximum absolute atomic E-state index is 13.3. The van der Waals surface area contributed by atoms with E-state index in [2.05, 4.69) is 0 Å². The van der Waals surface area contributed by atoms with Gasteiger partial charge in [0.1, 0.15) is 11.7 Å². The number of esters is 2. The average Bonchev–Trinajstić information content (AvgIpc) is 3.43. The quantitative estimate of drug-likeness (QED) is 0.197. The normalized spacial score (nSPS) is 27.3. The highest BCUT2D eigenvalue weighted by atomic mass is 19.4. The Morgan fingerprint density at radius 3 is 1.76 bits per heavy atom. The van der Waals surface area contributed by atoms with Crippen LogP contribution in [0.25, 0.3) is 0 Å². The maximum atomic E-state index is 13.3. The number of fused-ring (bicyclic) bond motifs is 2. The third-order valence-corrected chi connectivity index (χ3v) is 10.3. The van der Waals surface area contributed by atoms with E-state index in [1.54, 1.807) is 27.7 Å². The van der Waals surface area contributed by atoms with Crippen LogP contribution in [0.2, 0.25) is 0 Å². The first kappa shape index (κ1) is 35.0. The van der Waals surface area contributed by atoms with Crippen LogP contribution in [0.15, 0.2) is 0 Å². The van der Waals surface area contributed by atoms with E-state index in [1.807, 2.05) is 6.92 Å². The molecule has 1 N–H and O–H groups in total. The zero-order valence-electron chi connectivity index (χ0n) is 25.6. The van der Waals surface area contributed by atoms with Gasteiger partial charge in [0.05, 0.1) is 10.8 Å². The van der Waals surface area contributed by atoms with Gasteiger partial charge in [0, 0.05) is 0 Å². The van der Waals surface area contributed by atoms with Gasteiger partial charge < -0.3 is 14.6 Å². The second kappa shape index (κ2) is 12.5. The molecule has 3 fully saturated rings. The lowest BCUT2D eigenvalue weighted by Gasteiger charge is -2.39. The SMILES string of the molecule is CCC1(OC(=O)C(C)(C)CCC(C)(C)C(=O)OC2CC3CC(CC(O)(C(F)(F)F)C(F)(F)F)C2C3)CCCCCCC1. The van der Waals surface area contributed by atoms with Crippen LogP contribution in [0.4, 0.5) is 26.3 Å². The Kier molecular flexibility index (Phi) is 10.4. The van der Waals surface area contributed by atoms with E-state index in [-0.39, 0.29) is 24.7 Å². The summed E-state index contributed by atoms with van der Waals surface area (Å²) in [6.45, 7) is 8.93. The Labute approximate surface area is 245 Å². The molecule has 0 heterocycles. The van der Waals surface area contributed by atoms with Crippen molar-refractivity contribution in [2.45, 2.75) is 154 Å². The summed E-state index contributed by atoms with van der Waals surface area (Å²) in [5.74, 6) is -2.85. The number of aliphatic hydroxyl groups is 1. The molecule has 0 aromatic rings. The third-order valence-electron chi connectivity index (χ3n) is 10.3. The molecule has 0 spiro atoms. The molecule has 0 aromatic carbocycles. The predicted octanol–water partition coefficient (Wildman–Crippen LogP) is 8.46. The van der Waals surface area contributed by atoms with E-state index >= 15 is 0 Å². The van der Waals surface area contributed by atoms with Crippen molar-refractivity contribution in [3.05, 3.63) is 0 Å². The fourth-order valence-corrected chi connectivity index (χ4v) is 7.11. The van der Waals surface area contributed by atoms with Crippen LogP contribution < -0.4 is 0 Å². The van der Waals surface area contributed by atoms with Gasteiger partial charge in [-0.3, -0.25) is 9.59 Å². The first-order chi connectivity index (χ1) is 19.2.